The zero-order chi connectivity index (χ0) is 14.6. The van der Waals surface area contributed by atoms with E-state index in [0.717, 1.165) is 0 Å². The lowest BCUT2D eigenvalue weighted by Gasteiger charge is -2.12. The largest absolute Gasteiger partial charge is 0.490 e. The summed E-state index contributed by atoms with van der Waals surface area (Å²) >= 11 is 0. The molecule has 4 nitrogen and oxygen atoms in total. The molecule has 0 N–H and O–H groups in total. The predicted octanol–water partition coefficient (Wildman–Crippen LogP) is 3.93. The molecule has 1 aromatic rings. The average Bonchev–Trinajstić information content (AvgIpc) is 2.29. The van der Waals surface area contributed by atoms with Crippen molar-refractivity contribution in [2.45, 2.75) is 25.9 Å². The average molecular weight is 281 g/mol. The molecule has 8 heteroatoms. The Labute approximate surface area is 106 Å². The van der Waals surface area contributed by atoms with Gasteiger partial charge in [0.1, 0.15) is 5.56 Å². The van der Waals surface area contributed by atoms with E-state index < -0.39 is 33.9 Å². The molecule has 0 aliphatic carbocycles. The minimum Gasteiger partial charge on any atom is -0.490 e. The lowest BCUT2D eigenvalue weighted by Crippen LogP contribution is -2.11. The molecule has 0 saturated heterocycles. The Morgan fingerprint density at radius 1 is 1.37 bits per heavy atom. The second kappa shape index (κ2) is 5.85. The van der Waals surface area contributed by atoms with Crippen LogP contribution in [0.2, 0.25) is 0 Å². The normalized spacial score (nSPS) is 11.4. The van der Waals surface area contributed by atoms with Gasteiger partial charge in [-0.15, -0.1) is 0 Å². The molecular weight excluding hydrogens is 270 g/mol. The fourth-order valence-corrected chi connectivity index (χ4v) is 1.33. The van der Waals surface area contributed by atoms with Crippen molar-refractivity contribution in [1.82, 2.24) is 0 Å². The van der Waals surface area contributed by atoms with Gasteiger partial charge in [-0.25, -0.2) is 4.39 Å². The highest BCUT2D eigenvalue weighted by Crippen LogP contribution is 2.37. The molecule has 0 radical (unpaired) electrons. The monoisotopic (exact) mass is 281 g/mol. The van der Waals surface area contributed by atoms with E-state index in [-0.39, 0.29) is 12.7 Å². The quantitative estimate of drug-likeness (QED) is 0.355. The Morgan fingerprint density at radius 2 is 2.00 bits per heavy atom. The molecule has 0 spiro atoms. The van der Waals surface area contributed by atoms with Gasteiger partial charge >= 0.3 is 6.18 Å². The zero-order valence-electron chi connectivity index (χ0n) is 9.96. The van der Waals surface area contributed by atoms with Crippen molar-refractivity contribution in [2.24, 2.45) is 0 Å². The molecular formula is C11H11F4NO3. The number of hydrogen-bond acceptors (Lipinski definition) is 3. The van der Waals surface area contributed by atoms with Crippen LogP contribution in [0, 0.1) is 15.9 Å². The number of halogens is 4. The summed E-state index contributed by atoms with van der Waals surface area (Å²) in [4.78, 5) is 9.51. The van der Waals surface area contributed by atoms with Crippen molar-refractivity contribution in [3.8, 4) is 5.75 Å². The summed E-state index contributed by atoms with van der Waals surface area (Å²) < 4.78 is 56.0. The third kappa shape index (κ3) is 3.80. The molecule has 0 bridgehead atoms. The van der Waals surface area contributed by atoms with Crippen molar-refractivity contribution < 1.29 is 27.2 Å². The maximum atomic E-state index is 13.6. The summed E-state index contributed by atoms with van der Waals surface area (Å²) in [7, 11) is 0. The molecule has 0 saturated carbocycles. The highest BCUT2D eigenvalue weighted by atomic mass is 19.4. The van der Waals surface area contributed by atoms with E-state index in [4.69, 9.17) is 4.74 Å². The molecule has 0 aliphatic heterocycles. The summed E-state index contributed by atoms with van der Waals surface area (Å²) in [6.07, 6.45) is -3.81. The van der Waals surface area contributed by atoms with Gasteiger partial charge < -0.3 is 4.74 Å². The van der Waals surface area contributed by atoms with Gasteiger partial charge in [-0.3, -0.25) is 10.1 Å². The van der Waals surface area contributed by atoms with E-state index in [1.54, 1.807) is 0 Å². The van der Waals surface area contributed by atoms with Crippen molar-refractivity contribution >= 4 is 5.69 Å². The van der Waals surface area contributed by atoms with E-state index in [1.165, 1.54) is 0 Å². The number of rotatable bonds is 5. The molecule has 0 heterocycles. The molecule has 0 unspecified atom stereocenters. The van der Waals surface area contributed by atoms with Crippen LogP contribution in [-0.2, 0) is 6.18 Å². The highest BCUT2D eigenvalue weighted by molar-refractivity contribution is 5.45. The van der Waals surface area contributed by atoms with Crippen LogP contribution in [0.4, 0.5) is 23.2 Å². The van der Waals surface area contributed by atoms with Gasteiger partial charge in [0.2, 0.25) is 0 Å². The van der Waals surface area contributed by atoms with E-state index in [2.05, 4.69) is 0 Å². The molecule has 0 amide bonds. The lowest BCUT2D eigenvalue weighted by atomic mass is 10.1. The van der Waals surface area contributed by atoms with Crippen molar-refractivity contribution in [3.05, 3.63) is 33.6 Å². The third-order valence-electron chi connectivity index (χ3n) is 2.30. The summed E-state index contributed by atoms with van der Waals surface area (Å²) in [5, 5.41) is 10.5. The summed E-state index contributed by atoms with van der Waals surface area (Å²) in [6, 6.07) is 0.808. The fourth-order valence-electron chi connectivity index (χ4n) is 1.33. The van der Waals surface area contributed by atoms with Crippen LogP contribution in [0.5, 0.6) is 5.75 Å². The maximum Gasteiger partial charge on any atom is 0.419 e. The topological polar surface area (TPSA) is 52.4 Å². The van der Waals surface area contributed by atoms with Crippen LogP contribution in [0.25, 0.3) is 0 Å². The summed E-state index contributed by atoms with van der Waals surface area (Å²) in [5.74, 6) is -2.39. The van der Waals surface area contributed by atoms with Crippen molar-refractivity contribution in [2.75, 3.05) is 6.61 Å². The van der Waals surface area contributed by atoms with Gasteiger partial charge in [0, 0.05) is 6.07 Å². The standard InChI is InChI=1S/C11H11F4NO3/c1-2-3-4-19-9-6-7(16(17)18)5-8(10(9)12)11(13,14)15/h5-6H,2-4H2,1H3. The zero-order valence-corrected chi connectivity index (χ0v) is 9.96. The fraction of sp³-hybridized carbons (Fsp3) is 0.455. The van der Waals surface area contributed by atoms with Crippen LogP contribution >= 0.6 is 0 Å². The molecule has 0 atom stereocenters. The minimum atomic E-state index is -5.01. The van der Waals surface area contributed by atoms with Crippen LogP contribution in [0.1, 0.15) is 25.3 Å². The molecule has 1 rings (SSSR count). The Kier molecular flexibility index (Phi) is 4.68. The Morgan fingerprint density at radius 3 is 2.47 bits per heavy atom. The smallest absolute Gasteiger partial charge is 0.419 e. The number of nitrogens with zero attached hydrogens (tertiary/aromatic N) is 1. The minimum absolute atomic E-state index is 0.00805. The number of benzene rings is 1. The van der Waals surface area contributed by atoms with Crippen molar-refractivity contribution in [1.29, 1.82) is 0 Å². The van der Waals surface area contributed by atoms with Crippen LogP contribution < -0.4 is 4.74 Å². The first-order valence-electron chi connectivity index (χ1n) is 5.45. The van der Waals surface area contributed by atoms with E-state index in [0.29, 0.717) is 18.9 Å². The van der Waals surface area contributed by atoms with Crippen LogP contribution in [0.15, 0.2) is 12.1 Å². The molecule has 0 aliphatic rings. The molecule has 1 aromatic carbocycles. The van der Waals surface area contributed by atoms with Gasteiger partial charge in [-0.1, -0.05) is 13.3 Å². The highest BCUT2D eigenvalue weighted by Gasteiger charge is 2.37. The molecule has 19 heavy (non-hydrogen) atoms. The first kappa shape index (κ1) is 15.2. The first-order chi connectivity index (χ1) is 8.77. The second-order valence-electron chi connectivity index (χ2n) is 3.76. The van der Waals surface area contributed by atoms with E-state index in [9.17, 15) is 27.7 Å². The number of nitro groups is 1. The van der Waals surface area contributed by atoms with Gasteiger partial charge in [0.25, 0.3) is 5.69 Å². The Hall–Kier alpha value is -1.86. The van der Waals surface area contributed by atoms with Gasteiger partial charge in [0.05, 0.1) is 17.6 Å². The number of nitro benzene ring substituents is 1. The number of hydrogen-bond donors (Lipinski definition) is 0. The molecule has 0 fully saturated rings. The van der Waals surface area contributed by atoms with Crippen LogP contribution in [0.3, 0.4) is 0 Å². The van der Waals surface area contributed by atoms with Crippen molar-refractivity contribution in [3.63, 3.8) is 0 Å². The summed E-state index contributed by atoms with van der Waals surface area (Å²) in [6.45, 7) is 1.81. The lowest BCUT2D eigenvalue weighted by molar-refractivity contribution is -0.385. The number of ether oxygens (including phenoxy) is 1. The summed E-state index contributed by atoms with van der Waals surface area (Å²) in [5.41, 5.74) is -2.56. The Bertz CT molecular complexity index is 474. The number of unbranched alkanes of at least 4 members (excludes halogenated alkanes) is 1. The van der Waals surface area contributed by atoms with Crippen LogP contribution in [-0.4, -0.2) is 11.5 Å². The number of alkyl halides is 3. The Balaban J connectivity index is 3.21. The van der Waals surface area contributed by atoms with E-state index in [1.807, 2.05) is 6.92 Å². The third-order valence-corrected chi connectivity index (χ3v) is 2.30. The predicted molar refractivity (Wildman–Crippen MR) is 58.5 cm³/mol. The number of non-ortho nitro benzene ring substituents is 1. The van der Waals surface area contributed by atoms with Gasteiger partial charge in [-0.2, -0.15) is 13.2 Å². The van der Waals surface area contributed by atoms with E-state index >= 15 is 0 Å². The SMILES string of the molecule is CCCCOc1cc([N+](=O)[O-])cc(C(F)(F)F)c1F. The van der Waals surface area contributed by atoms with Gasteiger partial charge in [-0.05, 0) is 6.42 Å². The second-order valence-corrected chi connectivity index (χ2v) is 3.76. The molecule has 106 valence electrons. The van der Waals surface area contributed by atoms with Gasteiger partial charge in [0.15, 0.2) is 11.6 Å². The molecule has 0 aromatic heterocycles. The first-order valence-corrected chi connectivity index (χ1v) is 5.45. The maximum absolute atomic E-state index is 13.6.